The molecule has 0 saturated carbocycles. The first-order chi connectivity index (χ1) is 38.7. The summed E-state index contributed by atoms with van der Waals surface area (Å²) in [6.07, 6.45) is 0. The van der Waals surface area contributed by atoms with Crippen LogP contribution in [0.15, 0.2) is 168 Å². The summed E-state index contributed by atoms with van der Waals surface area (Å²) >= 11 is 2.03. The minimum Gasteiger partial charge on any atom is -0.458 e. The fraction of sp³-hybridized carbons (Fsp3) is 0.250. The average molecular weight is 1050 g/mol. The van der Waals surface area contributed by atoms with Crippen LogP contribution < -0.4 is 80.1 Å². The topological polar surface area (TPSA) is 15.7 Å². The lowest BCUT2D eigenvalue weighted by Gasteiger charge is -2.53. The molecule has 0 bridgehead atoms. The monoisotopic (exact) mass is 1050 g/mol. The predicted molar refractivity (Wildman–Crippen MR) is 349 cm³/mol. The van der Waals surface area contributed by atoms with Crippen molar-refractivity contribution >= 4 is 138 Å². The van der Waals surface area contributed by atoms with Crippen LogP contribution in [-0.2, 0) is 0 Å². The summed E-state index contributed by atoms with van der Waals surface area (Å²) < 4.78 is 7.43. The van der Waals surface area contributed by atoms with Crippen molar-refractivity contribution in [2.45, 2.75) is 128 Å². The first-order valence-electron chi connectivity index (χ1n) is 29.9. The molecule has 0 spiro atoms. The molecular formula is C72H68B4N2OS. The van der Waals surface area contributed by atoms with Gasteiger partial charge in [0.25, 0.3) is 13.4 Å². The van der Waals surface area contributed by atoms with E-state index in [0.717, 1.165) is 11.5 Å². The first-order valence-corrected chi connectivity index (χ1v) is 30.7. The highest BCUT2D eigenvalue weighted by Gasteiger charge is 2.55. The van der Waals surface area contributed by atoms with Gasteiger partial charge >= 0.3 is 0 Å². The average Bonchev–Trinajstić information content (AvgIpc) is 1.75. The third-order valence-corrected chi connectivity index (χ3v) is 20.4. The van der Waals surface area contributed by atoms with Crippen molar-refractivity contribution in [2.24, 2.45) is 0 Å². The number of para-hydroxylation sites is 4. The molecule has 6 aliphatic rings. The highest BCUT2D eigenvalue weighted by atomic mass is 32.2. The van der Waals surface area contributed by atoms with Gasteiger partial charge in [-0.25, -0.2) is 0 Å². The Kier molecular flexibility index (Phi) is 11.4. The van der Waals surface area contributed by atoms with Gasteiger partial charge in [0, 0.05) is 50.0 Å². The number of fused-ring (bicyclic) bond motifs is 16. The van der Waals surface area contributed by atoms with Gasteiger partial charge < -0.3 is 14.5 Å². The van der Waals surface area contributed by atoms with E-state index in [-0.39, 0.29) is 26.9 Å². The third-order valence-electron chi connectivity index (χ3n) is 19.1. The summed E-state index contributed by atoms with van der Waals surface area (Å²) in [5.74, 6) is 4.00. The molecule has 6 heterocycles. The van der Waals surface area contributed by atoms with Crippen LogP contribution in [0, 0.1) is 0 Å². The van der Waals surface area contributed by atoms with Gasteiger partial charge in [-0.15, -0.1) is 0 Å². The van der Waals surface area contributed by atoms with E-state index in [1.165, 1.54) is 143 Å². The summed E-state index contributed by atoms with van der Waals surface area (Å²) in [6, 6.07) is 62.0. The fourth-order valence-electron chi connectivity index (χ4n) is 15.5. The van der Waals surface area contributed by atoms with E-state index in [4.69, 9.17) is 4.74 Å². The van der Waals surface area contributed by atoms with Gasteiger partial charge in [0.2, 0.25) is 13.4 Å². The highest BCUT2D eigenvalue weighted by Crippen LogP contribution is 2.50. The second-order valence-electron chi connectivity index (χ2n) is 25.7. The Morgan fingerprint density at radius 1 is 0.325 bits per heavy atom. The van der Waals surface area contributed by atoms with Crippen LogP contribution >= 0.6 is 11.8 Å². The molecule has 0 saturated heterocycles. The van der Waals surface area contributed by atoms with Crippen LogP contribution in [0.5, 0.6) is 11.5 Å². The molecule has 390 valence electrons. The SMILES string of the molecule is CC(C)c1cc(C(C)C)c(B2c3ccccc3Oc3cc4c(cc32)B2c3ccccc3N3c5ccccc5B5c6ccccc6Sc6c5c3c2c2c6B(c3c(C(C)C)cc(C(C)C)cc3C(C)C)c3ccccc3N42)c(C(C)C)c1. The zero-order valence-corrected chi connectivity index (χ0v) is 49.3. The summed E-state index contributed by atoms with van der Waals surface area (Å²) in [6.45, 7) is 28.6. The quantitative estimate of drug-likeness (QED) is 0.141. The predicted octanol–water partition coefficient (Wildman–Crippen LogP) is 11.3. The van der Waals surface area contributed by atoms with Crippen molar-refractivity contribution in [3.05, 3.63) is 191 Å². The van der Waals surface area contributed by atoms with Crippen molar-refractivity contribution in [1.82, 2.24) is 0 Å². The van der Waals surface area contributed by atoms with Gasteiger partial charge in [-0.1, -0.05) is 233 Å². The van der Waals surface area contributed by atoms with E-state index in [9.17, 15) is 0 Å². The normalized spacial score (nSPS) is 14.6. The van der Waals surface area contributed by atoms with E-state index in [1.807, 2.05) is 11.8 Å². The number of nitrogens with zero attached hydrogens (tertiary/aromatic N) is 2. The van der Waals surface area contributed by atoms with Gasteiger partial charge in [-0.3, -0.25) is 0 Å². The minimum atomic E-state index is -0.0697. The molecule has 80 heavy (non-hydrogen) atoms. The highest BCUT2D eigenvalue weighted by molar-refractivity contribution is 8.00. The number of anilines is 6. The Balaban J connectivity index is 1.12. The molecule has 6 aliphatic heterocycles. The van der Waals surface area contributed by atoms with E-state index in [2.05, 4.69) is 251 Å². The van der Waals surface area contributed by atoms with Gasteiger partial charge in [-0.05, 0) is 148 Å². The summed E-state index contributed by atoms with van der Waals surface area (Å²) in [7, 11) is 0. The smallest absolute Gasteiger partial charge is 0.252 e. The lowest BCUT2D eigenvalue weighted by Crippen LogP contribution is -2.73. The van der Waals surface area contributed by atoms with Gasteiger partial charge in [0.15, 0.2) is 0 Å². The van der Waals surface area contributed by atoms with Crippen LogP contribution in [0.4, 0.5) is 34.1 Å². The van der Waals surface area contributed by atoms with Crippen LogP contribution in [-0.4, -0.2) is 26.9 Å². The lowest BCUT2D eigenvalue weighted by atomic mass is 9.25. The molecule has 8 heteroatoms. The standard InChI is InChI=1S/C72H68B4N2OS/c1-39(2)45-33-47(41(5)6)65(48(34-45)42(7)8)75-54-26-16-21-31-62(54)79-63-38-61-56(37-57(63)75)74-52-24-14-19-29-59(52)77-58-28-18-13-23-51(58)73-55-27-17-22-32-64(55)80-72-68(73)70(77)67(74)71-69(72)76(53-25-15-20-30-60(53)78(61)71)66-49(43(9)10)35-46(40(3)4)36-50(66)44(11)12/h13-44H,1-12H3. The molecule has 0 atom stereocenters. The second kappa shape index (κ2) is 18.3. The molecule has 0 amide bonds. The van der Waals surface area contributed by atoms with E-state index < -0.39 is 0 Å². The lowest BCUT2D eigenvalue weighted by molar-refractivity contribution is 0.487. The molecule has 9 aromatic rings. The zero-order valence-electron chi connectivity index (χ0n) is 48.5. The van der Waals surface area contributed by atoms with Gasteiger partial charge in [-0.2, -0.15) is 0 Å². The largest absolute Gasteiger partial charge is 0.458 e. The molecule has 0 radical (unpaired) electrons. The van der Waals surface area contributed by atoms with Crippen molar-refractivity contribution in [3.8, 4) is 11.5 Å². The molecule has 0 aliphatic carbocycles. The Labute approximate surface area is 480 Å². The van der Waals surface area contributed by atoms with Gasteiger partial charge in [0.05, 0.1) is 0 Å². The van der Waals surface area contributed by atoms with Crippen molar-refractivity contribution in [2.75, 3.05) is 9.80 Å². The van der Waals surface area contributed by atoms with E-state index >= 15 is 0 Å². The zero-order chi connectivity index (χ0) is 54.9. The molecule has 0 unspecified atom stereocenters. The summed E-state index contributed by atoms with van der Waals surface area (Å²) in [4.78, 5) is 8.21. The number of hydrogen-bond donors (Lipinski definition) is 0. The van der Waals surface area contributed by atoms with Crippen molar-refractivity contribution < 1.29 is 4.74 Å². The summed E-state index contributed by atoms with van der Waals surface area (Å²) in [5, 5.41) is 0. The maximum Gasteiger partial charge on any atom is 0.252 e. The van der Waals surface area contributed by atoms with Crippen LogP contribution in [0.2, 0.25) is 0 Å². The van der Waals surface area contributed by atoms with Crippen LogP contribution in [0.25, 0.3) is 0 Å². The molecule has 0 aromatic heterocycles. The molecule has 0 N–H and O–H groups in total. The molecule has 15 rings (SSSR count). The number of rotatable bonds is 8. The maximum atomic E-state index is 7.43. The van der Waals surface area contributed by atoms with E-state index in [1.54, 1.807) is 0 Å². The first kappa shape index (κ1) is 50.0. The van der Waals surface area contributed by atoms with Crippen LogP contribution in [0.1, 0.15) is 152 Å². The molecular weight excluding hydrogens is 984 g/mol. The van der Waals surface area contributed by atoms with Crippen LogP contribution in [0.3, 0.4) is 0 Å². The Bertz CT molecular complexity index is 4060. The molecule has 0 fully saturated rings. The minimum absolute atomic E-state index is 0.0312. The fourth-order valence-corrected chi connectivity index (χ4v) is 16.8. The number of hydrogen-bond acceptors (Lipinski definition) is 4. The third kappa shape index (κ3) is 6.93. The number of benzene rings is 9. The maximum absolute atomic E-state index is 7.43. The van der Waals surface area contributed by atoms with Crippen molar-refractivity contribution in [1.29, 1.82) is 0 Å². The van der Waals surface area contributed by atoms with E-state index in [0.29, 0.717) is 35.5 Å². The van der Waals surface area contributed by atoms with Crippen molar-refractivity contribution in [3.63, 3.8) is 0 Å². The molecule has 3 nitrogen and oxygen atoms in total. The second-order valence-corrected chi connectivity index (χ2v) is 26.8. The Morgan fingerprint density at radius 2 is 0.725 bits per heavy atom. The Morgan fingerprint density at radius 3 is 1.24 bits per heavy atom. The van der Waals surface area contributed by atoms with Gasteiger partial charge in [0.1, 0.15) is 11.5 Å². The summed E-state index contributed by atoms with van der Waals surface area (Å²) in [5.41, 5.74) is 33.0. The Hall–Kier alpha value is -7.01. The molecule has 9 aromatic carbocycles. The number of ether oxygens (including phenoxy) is 1.